The first-order valence-electron chi connectivity index (χ1n) is 10.3. The molecule has 1 aliphatic carbocycles. The van der Waals surface area contributed by atoms with Crippen molar-refractivity contribution in [1.82, 2.24) is 5.32 Å². The third-order valence-electron chi connectivity index (χ3n) is 5.52. The highest BCUT2D eigenvalue weighted by Crippen LogP contribution is 2.25. The van der Waals surface area contributed by atoms with E-state index in [1.807, 2.05) is 37.3 Å². The van der Waals surface area contributed by atoms with Gasteiger partial charge in [-0.1, -0.05) is 55.3 Å². The molecule has 0 radical (unpaired) electrons. The summed E-state index contributed by atoms with van der Waals surface area (Å²) in [5.74, 6) is -0.878. The fourth-order valence-corrected chi connectivity index (χ4v) is 5.61. The number of hydrogen-bond acceptors (Lipinski definition) is 4. The van der Waals surface area contributed by atoms with Crippen LogP contribution in [0.4, 0.5) is 5.69 Å². The van der Waals surface area contributed by atoms with Crippen LogP contribution < -0.4 is 10.6 Å². The van der Waals surface area contributed by atoms with E-state index in [1.54, 1.807) is 24.3 Å². The maximum absolute atomic E-state index is 12.8. The Balaban J connectivity index is 1.61. The first kappa shape index (κ1) is 22.0. The van der Waals surface area contributed by atoms with Crippen LogP contribution in [0, 0.1) is 0 Å². The number of hydrogen-bond donors (Lipinski definition) is 2. The third kappa shape index (κ3) is 5.69. The molecule has 0 heterocycles. The van der Waals surface area contributed by atoms with Crippen LogP contribution in [0.2, 0.25) is 0 Å². The topological polar surface area (TPSA) is 92.3 Å². The van der Waals surface area contributed by atoms with E-state index in [4.69, 9.17) is 0 Å². The van der Waals surface area contributed by atoms with Crippen LogP contribution in [-0.4, -0.2) is 31.2 Å². The molecular formula is C23H28N2O4S. The van der Waals surface area contributed by atoms with Gasteiger partial charge in [0, 0.05) is 6.42 Å². The maximum atomic E-state index is 12.8. The molecule has 2 aromatic carbocycles. The Morgan fingerprint density at radius 1 is 1.00 bits per heavy atom. The van der Waals surface area contributed by atoms with Gasteiger partial charge in [0.2, 0.25) is 5.91 Å². The Labute approximate surface area is 178 Å². The van der Waals surface area contributed by atoms with Crippen molar-refractivity contribution < 1.29 is 18.0 Å². The predicted octanol–water partition coefficient (Wildman–Crippen LogP) is 3.86. The molecule has 1 aliphatic rings. The van der Waals surface area contributed by atoms with Gasteiger partial charge in [-0.2, -0.15) is 0 Å². The van der Waals surface area contributed by atoms with E-state index in [0.29, 0.717) is 24.1 Å². The Kier molecular flexibility index (Phi) is 7.26. The Morgan fingerprint density at radius 2 is 1.63 bits per heavy atom. The summed E-state index contributed by atoms with van der Waals surface area (Å²) in [6.45, 7) is 1.89. The van der Waals surface area contributed by atoms with E-state index in [2.05, 4.69) is 10.6 Å². The quantitative estimate of drug-likeness (QED) is 0.668. The van der Waals surface area contributed by atoms with Gasteiger partial charge in [0.15, 0.2) is 9.84 Å². The molecule has 3 rings (SSSR count). The van der Waals surface area contributed by atoms with Crippen molar-refractivity contribution in [3.8, 4) is 0 Å². The molecule has 0 bridgehead atoms. The zero-order chi connectivity index (χ0) is 21.6. The molecular weight excluding hydrogens is 400 g/mol. The molecule has 0 aliphatic heterocycles. The van der Waals surface area contributed by atoms with Gasteiger partial charge in [-0.3, -0.25) is 9.59 Å². The van der Waals surface area contributed by atoms with Crippen LogP contribution in [0.25, 0.3) is 0 Å². The Bertz CT molecular complexity index is 983. The highest BCUT2D eigenvalue weighted by molar-refractivity contribution is 7.92. The lowest BCUT2D eigenvalue weighted by Gasteiger charge is -2.16. The molecule has 30 heavy (non-hydrogen) atoms. The monoisotopic (exact) mass is 428 g/mol. The smallest absolute Gasteiger partial charge is 0.253 e. The number of rotatable bonds is 8. The second-order valence-corrected chi connectivity index (χ2v) is 10.1. The molecule has 0 saturated heterocycles. The molecule has 0 aromatic heterocycles. The Hall–Kier alpha value is -2.67. The van der Waals surface area contributed by atoms with Crippen LogP contribution in [-0.2, 0) is 14.6 Å². The number of para-hydroxylation sites is 1. The van der Waals surface area contributed by atoms with E-state index >= 15 is 0 Å². The molecule has 1 unspecified atom stereocenters. The van der Waals surface area contributed by atoms with Crippen molar-refractivity contribution in [3.63, 3.8) is 0 Å². The van der Waals surface area contributed by atoms with Crippen LogP contribution in [0.5, 0.6) is 0 Å². The molecule has 2 N–H and O–H groups in total. The highest BCUT2D eigenvalue weighted by atomic mass is 32.2. The van der Waals surface area contributed by atoms with Gasteiger partial charge >= 0.3 is 0 Å². The number of anilines is 1. The van der Waals surface area contributed by atoms with Gasteiger partial charge in [-0.25, -0.2) is 8.42 Å². The SMILES string of the molecule is CC(NC(=O)c1ccccc1NC(=O)CCS(=O)(=O)C1CCCC1)c1ccccc1. The molecule has 2 amide bonds. The second-order valence-electron chi connectivity index (χ2n) is 7.72. The normalized spacial score (nSPS) is 15.5. The summed E-state index contributed by atoms with van der Waals surface area (Å²) in [7, 11) is -3.26. The summed E-state index contributed by atoms with van der Waals surface area (Å²) in [4.78, 5) is 25.1. The van der Waals surface area contributed by atoms with Crippen LogP contribution in [0.1, 0.15) is 61.0 Å². The van der Waals surface area contributed by atoms with Gasteiger partial charge in [0.1, 0.15) is 0 Å². The first-order chi connectivity index (χ1) is 14.4. The number of carbonyl (C=O) groups excluding carboxylic acids is 2. The lowest BCUT2D eigenvalue weighted by Crippen LogP contribution is -2.28. The molecule has 160 valence electrons. The molecule has 0 spiro atoms. The minimum atomic E-state index is -3.26. The Morgan fingerprint density at radius 3 is 2.33 bits per heavy atom. The van der Waals surface area contributed by atoms with Crippen molar-refractivity contribution >= 4 is 27.3 Å². The highest BCUT2D eigenvalue weighted by Gasteiger charge is 2.29. The van der Waals surface area contributed by atoms with Crippen LogP contribution >= 0.6 is 0 Å². The fraction of sp³-hybridized carbons (Fsp3) is 0.391. The number of benzene rings is 2. The van der Waals surface area contributed by atoms with E-state index in [9.17, 15) is 18.0 Å². The van der Waals surface area contributed by atoms with Crippen molar-refractivity contribution in [1.29, 1.82) is 0 Å². The molecule has 6 nitrogen and oxygen atoms in total. The van der Waals surface area contributed by atoms with Gasteiger partial charge in [0.05, 0.1) is 28.3 Å². The van der Waals surface area contributed by atoms with Crippen LogP contribution in [0.3, 0.4) is 0 Å². The minimum Gasteiger partial charge on any atom is -0.345 e. The summed E-state index contributed by atoms with van der Waals surface area (Å²) in [6, 6.07) is 16.1. The molecule has 7 heteroatoms. The minimum absolute atomic E-state index is 0.116. The second kappa shape index (κ2) is 9.89. The van der Waals surface area contributed by atoms with Gasteiger partial charge < -0.3 is 10.6 Å². The average Bonchev–Trinajstić information content (AvgIpc) is 3.29. The number of sulfone groups is 1. The largest absolute Gasteiger partial charge is 0.345 e. The summed E-state index contributed by atoms with van der Waals surface area (Å²) < 4.78 is 24.8. The van der Waals surface area contributed by atoms with E-state index < -0.39 is 15.7 Å². The number of carbonyl (C=O) groups is 2. The number of amides is 2. The predicted molar refractivity (Wildman–Crippen MR) is 118 cm³/mol. The summed E-state index contributed by atoms with van der Waals surface area (Å²) in [6.07, 6.45) is 3.12. The summed E-state index contributed by atoms with van der Waals surface area (Å²) in [5.41, 5.74) is 1.69. The van der Waals surface area contributed by atoms with Crippen molar-refractivity contribution in [2.24, 2.45) is 0 Å². The fourth-order valence-electron chi connectivity index (χ4n) is 3.75. The number of nitrogens with one attached hydrogen (secondary N) is 2. The standard InChI is InChI=1S/C23H28N2O4S/c1-17(18-9-3-2-4-10-18)24-23(27)20-13-7-8-14-21(20)25-22(26)15-16-30(28,29)19-11-5-6-12-19/h2-4,7-10,13-14,17,19H,5-6,11-12,15-16H2,1H3,(H,24,27)(H,25,26). The van der Waals surface area contributed by atoms with Crippen molar-refractivity contribution in [2.45, 2.75) is 50.3 Å². The van der Waals surface area contributed by atoms with Crippen molar-refractivity contribution in [2.75, 3.05) is 11.1 Å². The maximum Gasteiger partial charge on any atom is 0.253 e. The first-order valence-corrected chi connectivity index (χ1v) is 12.0. The third-order valence-corrected chi connectivity index (χ3v) is 7.78. The van der Waals surface area contributed by atoms with Gasteiger partial charge in [0.25, 0.3) is 5.91 Å². The summed E-state index contributed by atoms with van der Waals surface area (Å²) in [5, 5.41) is 5.32. The lowest BCUT2D eigenvalue weighted by atomic mass is 10.1. The molecule has 1 fully saturated rings. The average molecular weight is 429 g/mol. The summed E-state index contributed by atoms with van der Waals surface area (Å²) >= 11 is 0. The van der Waals surface area contributed by atoms with E-state index in [-0.39, 0.29) is 29.4 Å². The molecule has 1 atom stereocenters. The zero-order valence-corrected chi connectivity index (χ0v) is 18.0. The van der Waals surface area contributed by atoms with Gasteiger partial charge in [-0.15, -0.1) is 0 Å². The lowest BCUT2D eigenvalue weighted by molar-refractivity contribution is -0.115. The van der Waals surface area contributed by atoms with E-state index in [0.717, 1.165) is 18.4 Å². The molecule has 1 saturated carbocycles. The van der Waals surface area contributed by atoms with E-state index in [1.165, 1.54) is 0 Å². The molecule has 2 aromatic rings. The van der Waals surface area contributed by atoms with Crippen molar-refractivity contribution in [3.05, 3.63) is 65.7 Å². The van der Waals surface area contributed by atoms with Crippen LogP contribution in [0.15, 0.2) is 54.6 Å². The van der Waals surface area contributed by atoms with Gasteiger partial charge in [-0.05, 0) is 37.5 Å². The zero-order valence-electron chi connectivity index (χ0n) is 17.1.